The van der Waals surface area contributed by atoms with Gasteiger partial charge in [0.25, 0.3) is 17.7 Å². The van der Waals surface area contributed by atoms with E-state index in [0.29, 0.717) is 119 Å². The zero-order valence-electron chi connectivity index (χ0n) is 70.7. The van der Waals surface area contributed by atoms with Crippen molar-refractivity contribution in [2.75, 3.05) is 106 Å². The fourth-order valence-electron chi connectivity index (χ4n) is 16.1. The van der Waals surface area contributed by atoms with Crippen molar-refractivity contribution < 1.29 is 49.1 Å². The van der Waals surface area contributed by atoms with E-state index in [4.69, 9.17) is 14.5 Å². The van der Waals surface area contributed by atoms with Crippen molar-refractivity contribution in [3.8, 4) is 17.1 Å². The number of sulfonamides is 3. The highest BCUT2D eigenvalue weighted by Crippen LogP contribution is 2.32. The number of morpholine rings is 2. The third-order valence-corrected chi connectivity index (χ3v) is 28.0. The molecule has 5 aliphatic rings. The number of nitrogens with one attached hydrogen (secondary N) is 7. The molecule has 7 N–H and O–H groups in total. The maximum absolute atomic E-state index is 13.3. The second-order valence-corrected chi connectivity index (χ2v) is 37.7. The molecule has 3 amide bonds. The van der Waals surface area contributed by atoms with Crippen LogP contribution in [0, 0.1) is 0 Å². The van der Waals surface area contributed by atoms with E-state index in [-0.39, 0.29) is 74.0 Å². The monoisotopic (exact) mass is 1760 g/mol. The first-order chi connectivity index (χ1) is 60.8. The molecule has 6 aromatic carbocycles. The van der Waals surface area contributed by atoms with Crippen molar-refractivity contribution in [3.05, 3.63) is 262 Å². The molecule has 2 fully saturated rings. The largest absolute Gasteiger partial charge is 0.379 e. The lowest BCUT2D eigenvalue weighted by molar-refractivity contribution is 0.0730. The summed E-state index contributed by atoms with van der Waals surface area (Å²) in [7, 11) is -8.54. The van der Waals surface area contributed by atoms with Crippen LogP contribution in [0.3, 0.4) is 0 Å². The summed E-state index contributed by atoms with van der Waals surface area (Å²) in [6.45, 7) is 11.3. The molecule has 32 nitrogen and oxygen atoms in total. The van der Waals surface area contributed by atoms with E-state index in [1.165, 1.54) is 73.8 Å². The fraction of sp³-hybridized carbons (Fsp3) is 0.341. The van der Waals surface area contributed by atoms with Crippen molar-refractivity contribution in [2.24, 2.45) is 0 Å². The SMILES string of the molecule is CCNC(=O)c1cn(-c2ccc3c(c2)CCC3)c2nc(Nc3ccc(CCS(=O)(=O)N4CCOCC4)cc3)ncc2c1=O.CCNC(=O)c1cn(-c2ccc3c(c2)CCC3)c2nc(Nc3ccc(CCS(=O)(=O)NC(C)C)cc3)ncc2c1=O.CNC(=O)c1cn(-c2ccc3c(c2)CCC3)c2nc(Nc3ccc(CCS(=O)(=O)N4CCOCC4)cc3)ncc2c1=O. The number of benzene rings is 6. The van der Waals surface area contributed by atoms with E-state index in [1.54, 1.807) is 53.8 Å². The van der Waals surface area contributed by atoms with Crippen LogP contribution in [0.2, 0.25) is 0 Å². The van der Waals surface area contributed by atoms with Gasteiger partial charge in [-0.25, -0.2) is 44.9 Å². The molecule has 6 aromatic heterocycles. The molecule has 0 unspecified atom stereocenters. The molecular formula is C91H100N18O14S3. The van der Waals surface area contributed by atoms with Gasteiger partial charge in [0.05, 0.1) is 59.8 Å². The van der Waals surface area contributed by atoms with Gasteiger partial charge >= 0.3 is 0 Å². The highest BCUT2D eigenvalue weighted by molar-refractivity contribution is 7.89. The van der Waals surface area contributed by atoms with Crippen LogP contribution in [0.4, 0.5) is 34.9 Å². The molecule has 2 aliphatic heterocycles. The molecule has 0 saturated carbocycles. The Labute approximate surface area is 729 Å². The Morgan fingerprint density at radius 1 is 0.413 bits per heavy atom. The van der Waals surface area contributed by atoms with Crippen molar-refractivity contribution in [1.82, 2.24) is 72.9 Å². The number of pyridine rings is 3. The summed E-state index contributed by atoms with van der Waals surface area (Å²) in [6, 6.07) is 40.6. The van der Waals surface area contributed by atoms with E-state index in [0.717, 1.165) is 91.5 Å². The molecule has 0 radical (unpaired) electrons. The molecule has 12 aromatic rings. The van der Waals surface area contributed by atoms with Crippen LogP contribution in [0.1, 0.15) is 128 Å². The van der Waals surface area contributed by atoms with Crippen molar-refractivity contribution >= 4 is 116 Å². The summed E-state index contributed by atoms with van der Waals surface area (Å²) >= 11 is 0. The Balaban J connectivity index is 0.000000146. The molecule has 0 atom stereocenters. The summed E-state index contributed by atoms with van der Waals surface area (Å²) in [5.41, 5.74) is 14.9. The average Bonchev–Trinajstić information content (AvgIpc) is 1.09. The molecule has 0 bridgehead atoms. The first kappa shape index (κ1) is 88.5. The van der Waals surface area contributed by atoms with E-state index in [1.807, 2.05) is 91.0 Å². The van der Waals surface area contributed by atoms with Crippen molar-refractivity contribution in [1.29, 1.82) is 0 Å². The zero-order valence-corrected chi connectivity index (χ0v) is 73.2. The summed E-state index contributed by atoms with van der Waals surface area (Å²) in [6.07, 6.45) is 19.6. The Hall–Kier alpha value is -12.4. The lowest BCUT2D eigenvalue weighted by Crippen LogP contribution is -2.42. The van der Waals surface area contributed by atoms with Crippen LogP contribution in [0.15, 0.2) is 179 Å². The second kappa shape index (κ2) is 39.0. The van der Waals surface area contributed by atoms with Crippen LogP contribution in [0.25, 0.3) is 50.2 Å². The summed E-state index contributed by atoms with van der Waals surface area (Å²) in [4.78, 5) is 105. The minimum Gasteiger partial charge on any atom is -0.379 e. The first-order valence-corrected chi connectivity index (χ1v) is 47.3. The lowest BCUT2D eigenvalue weighted by Gasteiger charge is -2.26. The molecule has 17 rings (SSSR count). The number of hydrogen-bond donors (Lipinski definition) is 7. The fourth-order valence-corrected chi connectivity index (χ4v) is 20.3. The lowest BCUT2D eigenvalue weighted by atomic mass is 10.1. The quantitative estimate of drug-likeness (QED) is 0.0252. The predicted molar refractivity (Wildman–Crippen MR) is 486 cm³/mol. The zero-order chi connectivity index (χ0) is 88.4. The molecule has 8 heterocycles. The Morgan fingerprint density at radius 3 is 1.03 bits per heavy atom. The molecular weight excluding hydrogens is 1670 g/mol. The number of aromatic nitrogens is 9. The van der Waals surface area contributed by atoms with Crippen LogP contribution in [-0.4, -0.2) is 191 Å². The van der Waals surface area contributed by atoms with E-state index in [9.17, 15) is 54.0 Å². The molecule has 126 heavy (non-hydrogen) atoms. The smallest absolute Gasteiger partial charge is 0.256 e. The van der Waals surface area contributed by atoms with E-state index >= 15 is 0 Å². The van der Waals surface area contributed by atoms with Crippen LogP contribution in [-0.2, 0) is 97.3 Å². The standard InChI is InChI=1S/C31H34N6O5S.C30H32N6O5S.C30H34N6O4S/c1-2-32-30(39)27-20-37(25-11-8-22-4-3-5-23(22)18-25)29-26(28(27)38)19-33-31(35-29)34-24-9-6-21(7-10-24)12-17-43(40,41)36-13-15-42-16-14-36;1-31-29(38)26-19-36(24-10-7-21-3-2-4-22(21)17-24)28-25(27(26)37)18-32-30(34-28)33-23-8-5-20(6-9-23)11-16-42(39,40)35-12-14-41-15-13-35;1-4-31-29(38)26-18-36(24-13-10-21-6-5-7-22(21)16-24)28-25(27(26)37)17-32-30(34-28)33-23-11-8-20(9-12-23)14-15-41(39,40)35-19(2)3/h6-11,18-20H,2-5,12-17H2,1H3,(H,32,39)(H,33,34,35);5-10,17-19H,2-4,11-16H2,1H3,(H,31,38)(H,32,33,34);8-13,16-19,35H,4-7,14-15H2,1-3H3,(H,31,38)(H,32,33,34). The first-order valence-electron chi connectivity index (χ1n) is 42.4. The Kier molecular flexibility index (Phi) is 27.4. The molecule has 656 valence electrons. The number of fused-ring (bicyclic) bond motifs is 6. The number of carbonyl (C=O) groups excluding carboxylic acids is 3. The van der Waals surface area contributed by atoms with Gasteiger partial charge in [-0.15, -0.1) is 0 Å². The third-order valence-electron chi connectivity index (χ3n) is 22.7. The predicted octanol–water partition coefficient (Wildman–Crippen LogP) is 9.18. The minimum atomic E-state index is -3.34. The number of carbonyl (C=O) groups is 3. The number of anilines is 6. The van der Waals surface area contributed by atoms with Crippen LogP contribution >= 0.6 is 0 Å². The maximum atomic E-state index is 13.3. The Bertz CT molecular complexity index is 6680. The highest BCUT2D eigenvalue weighted by Gasteiger charge is 2.29. The van der Waals surface area contributed by atoms with Crippen LogP contribution < -0.4 is 52.9 Å². The normalized spacial score (nSPS) is 14.6. The number of amides is 3. The van der Waals surface area contributed by atoms with Gasteiger partial charge in [0.15, 0.2) is 16.9 Å². The number of rotatable bonds is 27. The third kappa shape index (κ3) is 20.8. The number of ether oxygens (including phenoxy) is 2. The Morgan fingerprint density at radius 2 is 0.722 bits per heavy atom. The van der Waals surface area contributed by atoms with Crippen LogP contribution in [0.5, 0.6) is 0 Å². The summed E-state index contributed by atoms with van der Waals surface area (Å²) in [5, 5.41) is 18.2. The maximum Gasteiger partial charge on any atom is 0.256 e. The van der Waals surface area contributed by atoms with Gasteiger partial charge in [0.2, 0.25) is 64.2 Å². The number of hydrogen-bond acceptors (Lipinski definition) is 23. The number of aryl methyl sites for hydroxylation is 9. The summed E-state index contributed by atoms with van der Waals surface area (Å²) < 4.78 is 96.4. The molecule has 3 aliphatic carbocycles. The van der Waals surface area contributed by atoms with Gasteiger partial charge < -0.3 is 55.1 Å². The van der Waals surface area contributed by atoms with Gasteiger partial charge in [-0.1, -0.05) is 54.6 Å². The topological polar surface area (TPSA) is 406 Å². The van der Waals surface area contributed by atoms with Gasteiger partial charge in [0.1, 0.15) is 16.7 Å². The van der Waals surface area contributed by atoms with Gasteiger partial charge in [-0.2, -0.15) is 23.6 Å². The number of nitrogens with zero attached hydrogens (tertiary/aromatic N) is 11. The van der Waals surface area contributed by atoms with Gasteiger partial charge in [-0.05, 0) is 228 Å². The van der Waals surface area contributed by atoms with Gasteiger partial charge in [-0.3, -0.25) is 28.8 Å². The highest BCUT2D eigenvalue weighted by atomic mass is 32.2. The second-order valence-electron chi connectivity index (χ2n) is 31.7. The van der Waals surface area contributed by atoms with Gasteiger partial charge in [0, 0.05) is 124 Å². The van der Waals surface area contributed by atoms with Crippen molar-refractivity contribution in [2.45, 2.75) is 111 Å². The average molecular weight is 1770 g/mol. The minimum absolute atomic E-state index is 0.00420. The van der Waals surface area contributed by atoms with E-state index in [2.05, 4.69) is 97.9 Å². The van der Waals surface area contributed by atoms with Crippen molar-refractivity contribution in [3.63, 3.8) is 0 Å². The molecule has 35 heteroatoms. The molecule has 0 spiro atoms. The summed E-state index contributed by atoms with van der Waals surface area (Å²) in [5.74, 6) is -0.427. The molecule has 2 saturated heterocycles. The van der Waals surface area contributed by atoms with E-state index < -0.39 is 64.1 Å².